The van der Waals surface area contributed by atoms with Gasteiger partial charge in [0.1, 0.15) is 41.7 Å². The molecule has 2 aromatic carbocycles. The maximum Gasteiger partial charge on any atom is 0.326 e. The molecule has 18 N–H and O–H groups in total. The van der Waals surface area contributed by atoms with Gasteiger partial charge in [-0.1, -0.05) is 24.3 Å². The molecule has 0 aliphatic heterocycles. The standard InChI is InChI=1S/C37H50N10O13/c38-22(9-12-28(39)50)32(54)43-23(10-13-29(40)51)33(55)45-25(15-18-1-5-20(48)6-2-18)35(57)44-24(11-14-30(41)52)34(56)46-26(16-19-3-7-21(49)8-4-19)36(58)47-27(37(59)60)17-31(42)53/h1-8,22-27,48-49H,9-17,38H2,(H2,39,50)(H2,40,51)(H2,41,52)(H2,42,53)(H,43,54)(H,44,57)(H,45,55)(H,46,56)(H,47,58)(H,59,60)/t22-,23-,24-,25-,26-,27-/m0/s1. The molecule has 0 aliphatic rings. The van der Waals surface area contributed by atoms with E-state index < -0.39 is 121 Å². The second-order valence-electron chi connectivity index (χ2n) is 13.7. The molecule has 6 atom stereocenters. The van der Waals surface area contributed by atoms with Crippen LogP contribution in [-0.2, 0) is 60.8 Å². The van der Waals surface area contributed by atoms with Crippen LogP contribution >= 0.6 is 0 Å². The van der Waals surface area contributed by atoms with Crippen molar-refractivity contribution in [1.82, 2.24) is 26.6 Å². The minimum absolute atomic E-state index is 0.135. The number of hydrogen-bond donors (Lipinski definition) is 13. The van der Waals surface area contributed by atoms with E-state index in [-0.39, 0.29) is 43.6 Å². The first-order valence-corrected chi connectivity index (χ1v) is 18.3. The molecule has 9 amide bonds. The Morgan fingerprint density at radius 1 is 0.450 bits per heavy atom. The number of rotatable bonds is 26. The van der Waals surface area contributed by atoms with Gasteiger partial charge in [-0.3, -0.25) is 43.2 Å². The summed E-state index contributed by atoms with van der Waals surface area (Å²) in [4.78, 5) is 126. The number of aliphatic carboxylic acids is 1. The smallest absolute Gasteiger partial charge is 0.326 e. The van der Waals surface area contributed by atoms with Gasteiger partial charge in [-0.05, 0) is 54.7 Å². The Morgan fingerprint density at radius 2 is 0.767 bits per heavy atom. The number of carboxylic acids is 1. The van der Waals surface area contributed by atoms with Crippen molar-refractivity contribution in [2.75, 3.05) is 0 Å². The molecule has 0 saturated heterocycles. The summed E-state index contributed by atoms with van der Waals surface area (Å²) in [5, 5.41) is 40.8. The highest BCUT2D eigenvalue weighted by Gasteiger charge is 2.34. The number of primary amides is 4. The van der Waals surface area contributed by atoms with Crippen molar-refractivity contribution in [1.29, 1.82) is 0 Å². The Kier molecular flexibility index (Phi) is 19.4. The molecule has 23 nitrogen and oxygen atoms in total. The molecule has 23 heteroatoms. The Balaban J connectivity index is 2.49. The third-order valence-electron chi connectivity index (χ3n) is 8.70. The van der Waals surface area contributed by atoms with E-state index in [1.807, 2.05) is 0 Å². The minimum atomic E-state index is -1.80. The minimum Gasteiger partial charge on any atom is -0.508 e. The summed E-state index contributed by atoms with van der Waals surface area (Å²) in [5.41, 5.74) is 27.4. The zero-order valence-corrected chi connectivity index (χ0v) is 32.3. The van der Waals surface area contributed by atoms with Crippen LogP contribution in [0, 0.1) is 0 Å². The SMILES string of the molecule is NC(=O)CC[C@H](NC(=O)[C@H](Cc1ccc(O)cc1)NC(=O)[C@H](CCC(N)=O)NC(=O)[C@@H](N)CCC(N)=O)C(=O)N[C@@H](Cc1ccc(O)cc1)C(=O)N[C@@H](CC(N)=O)C(=O)O. The summed E-state index contributed by atoms with van der Waals surface area (Å²) in [5.74, 6) is -10.6. The van der Waals surface area contributed by atoms with Crippen molar-refractivity contribution < 1.29 is 63.3 Å². The highest BCUT2D eigenvalue weighted by atomic mass is 16.4. The molecule has 0 saturated carbocycles. The third-order valence-corrected chi connectivity index (χ3v) is 8.70. The van der Waals surface area contributed by atoms with Crippen LogP contribution in [0.25, 0.3) is 0 Å². The van der Waals surface area contributed by atoms with Crippen molar-refractivity contribution in [2.24, 2.45) is 28.7 Å². The molecule has 0 radical (unpaired) electrons. The summed E-state index contributed by atoms with van der Waals surface area (Å²) >= 11 is 0. The Morgan fingerprint density at radius 3 is 1.12 bits per heavy atom. The zero-order chi connectivity index (χ0) is 45.1. The van der Waals surface area contributed by atoms with Crippen LogP contribution in [0.1, 0.15) is 56.1 Å². The summed E-state index contributed by atoms with van der Waals surface area (Å²) in [6.07, 6.45) is -3.59. The Labute approximate surface area is 342 Å². The fraction of sp³-hybridized carbons (Fsp3) is 0.405. The van der Waals surface area contributed by atoms with E-state index >= 15 is 0 Å². The van der Waals surface area contributed by atoms with Crippen LogP contribution < -0.4 is 55.3 Å². The number of phenolic OH excluding ortho intramolecular Hbond substituents is 2. The number of carbonyl (C=O) groups excluding carboxylic acids is 9. The number of carbonyl (C=O) groups is 10. The zero-order valence-electron chi connectivity index (χ0n) is 32.3. The number of aromatic hydroxyl groups is 2. The van der Waals surface area contributed by atoms with E-state index in [0.29, 0.717) is 11.1 Å². The maximum absolute atomic E-state index is 14.0. The number of benzene rings is 2. The van der Waals surface area contributed by atoms with Gasteiger partial charge in [-0.2, -0.15) is 0 Å². The molecule has 0 aromatic heterocycles. The van der Waals surface area contributed by atoms with E-state index in [2.05, 4.69) is 26.6 Å². The number of carboxylic acid groups (broad SMARTS) is 1. The molecule has 0 aliphatic carbocycles. The fourth-order valence-electron chi connectivity index (χ4n) is 5.46. The molecule has 60 heavy (non-hydrogen) atoms. The van der Waals surface area contributed by atoms with E-state index in [1.165, 1.54) is 48.5 Å². The highest BCUT2D eigenvalue weighted by molar-refractivity contribution is 5.97. The van der Waals surface area contributed by atoms with Crippen LogP contribution in [0.2, 0.25) is 0 Å². The van der Waals surface area contributed by atoms with Gasteiger partial charge in [-0.15, -0.1) is 0 Å². The molecule has 0 heterocycles. The van der Waals surface area contributed by atoms with Gasteiger partial charge >= 0.3 is 5.97 Å². The second-order valence-corrected chi connectivity index (χ2v) is 13.7. The first kappa shape index (κ1) is 48.8. The van der Waals surface area contributed by atoms with Gasteiger partial charge in [0.15, 0.2) is 0 Å². The van der Waals surface area contributed by atoms with Crippen molar-refractivity contribution in [3.8, 4) is 11.5 Å². The lowest BCUT2D eigenvalue weighted by atomic mass is 10.0. The molecule has 2 rings (SSSR count). The Hall–Kier alpha value is -7.30. The number of phenols is 2. The van der Waals surface area contributed by atoms with Crippen molar-refractivity contribution in [3.05, 3.63) is 59.7 Å². The first-order valence-electron chi connectivity index (χ1n) is 18.3. The average molecular weight is 843 g/mol. The molecule has 0 unspecified atom stereocenters. The van der Waals surface area contributed by atoms with Crippen LogP contribution in [0.5, 0.6) is 11.5 Å². The second kappa shape index (κ2) is 23.8. The van der Waals surface area contributed by atoms with Crippen LogP contribution in [0.4, 0.5) is 0 Å². The van der Waals surface area contributed by atoms with Gasteiger partial charge in [0.2, 0.25) is 53.2 Å². The molecule has 0 fully saturated rings. The molecular weight excluding hydrogens is 792 g/mol. The third kappa shape index (κ3) is 17.9. The molecule has 0 bridgehead atoms. The highest BCUT2D eigenvalue weighted by Crippen LogP contribution is 2.14. The molecular formula is C37H50N10O13. The summed E-state index contributed by atoms with van der Waals surface area (Å²) < 4.78 is 0. The van der Waals surface area contributed by atoms with E-state index in [0.717, 1.165) is 0 Å². The van der Waals surface area contributed by atoms with Crippen LogP contribution in [0.15, 0.2) is 48.5 Å². The average Bonchev–Trinajstić information content (AvgIpc) is 3.17. The number of amides is 9. The van der Waals surface area contributed by atoms with Gasteiger partial charge in [0, 0.05) is 32.1 Å². The lowest BCUT2D eigenvalue weighted by molar-refractivity contribution is -0.143. The van der Waals surface area contributed by atoms with E-state index in [9.17, 15) is 63.3 Å². The topological polar surface area (TPSA) is 422 Å². The Bertz CT molecular complexity index is 1890. The van der Waals surface area contributed by atoms with Crippen molar-refractivity contribution in [3.63, 3.8) is 0 Å². The van der Waals surface area contributed by atoms with Gasteiger partial charge < -0.3 is 70.6 Å². The van der Waals surface area contributed by atoms with Crippen molar-refractivity contribution in [2.45, 2.75) is 94.0 Å². The van der Waals surface area contributed by atoms with Gasteiger partial charge in [-0.25, -0.2) is 4.79 Å². The van der Waals surface area contributed by atoms with Gasteiger partial charge in [0.05, 0.1) is 12.5 Å². The summed E-state index contributed by atoms with van der Waals surface area (Å²) in [6, 6.07) is 1.30. The first-order chi connectivity index (χ1) is 28.1. The van der Waals surface area contributed by atoms with Crippen LogP contribution in [0.3, 0.4) is 0 Å². The largest absolute Gasteiger partial charge is 0.508 e. The fourth-order valence-corrected chi connectivity index (χ4v) is 5.46. The lowest BCUT2D eigenvalue weighted by Gasteiger charge is -2.27. The van der Waals surface area contributed by atoms with Crippen molar-refractivity contribution >= 4 is 59.1 Å². The number of nitrogens with one attached hydrogen (secondary N) is 5. The van der Waals surface area contributed by atoms with E-state index in [1.54, 1.807) is 0 Å². The summed E-state index contributed by atoms with van der Waals surface area (Å²) in [6.45, 7) is 0. The number of nitrogens with two attached hydrogens (primary N) is 5. The molecule has 2 aromatic rings. The monoisotopic (exact) mass is 842 g/mol. The van der Waals surface area contributed by atoms with Crippen LogP contribution in [-0.4, -0.2) is 111 Å². The van der Waals surface area contributed by atoms with E-state index in [4.69, 9.17) is 28.7 Å². The quantitative estimate of drug-likeness (QED) is 0.0424. The maximum atomic E-state index is 14.0. The molecule has 326 valence electrons. The van der Waals surface area contributed by atoms with Gasteiger partial charge in [0.25, 0.3) is 0 Å². The normalized spacial score (nSPS) is 13.8. The number of hydrogen-bond acceptors (Lipinski definition) is 13. The lowest BCUT2D eigenvalue weighted by Crippen LogP contribution is -2.60. The predicted octanol–water partition coefficient (Wildman–Crippen LogP) is -4.61. The molecule has 0 spiro atoms. The summed E-state index contributed by atoms with van der Waals surface area (Å²) in [7, 11) is 0. The predicted molar refractivity (Wildman–Crippen MR) is 208 cm³/mol.